The highest BCUT2D eigenvalue weighted by atomic mass is 79.9. The Kier molecular flexibility index (Phi) is 5.26. The zero-order chi connectivity index (χ0) is 14.8. The number of rotatable bonds is 3. The molecule has 2 fully saturated rings. The lowest BCUT2D eigenvalue weighted by molar-refractivity contribution is 0.0803. The van der Waals surface area contributed by atoms with E-state index in [1.165, 1.54) is 50.8 Å². The monoisotopic (exact) mass is 370 g/mol. The first kappa shape index (κ1) is 15.8. The lowest BCUT2D eigenvalue weighted by Crippen LogP contribution is -2.50. The number of piperidine rings is 1. The fourth-order valence-corrected chi connectivity index (χ4v) is 4.78. The van der Waals surface area contributed by atoms with Gasteiger partial charge in [-0.15, -0.1) is 0 Å². The Bertz CT molecular complexity index is 488. The number of likely N-dealkylation sites (tertiary alicyclic amines) is 1. The van der Waals surface area contributed by atoms with Crippen LogP contribution in [0.1, 0.15) is 50.6 Å². The minimum absolute atomic E-state index is 0.387. The van der Waals surface area contributed by atoms with Crippen molar-refractivity contribution in [2.75, 3.05) is 13.1 Å². The fraction of sp³-hybridized carbons (Fsp3) is 0.647. The molecular formula is C17H24BrClN2. The number of hydrogen-bond acceptors (Lipinski definition) is 2. The van der Waals surface area contributed by atoms with Crippen LogP contribution >= 0.6 is 27.5 Å². The highest BCUT2D eigenvalue weighted by Crippen LogP contribution is 2.35. The SMILES string of the molecule is CC(c1ccc(Br)cc1Cl)N1CCCCC1C1CCCN1. The normalized spacial score (nSPS) is 28.7. The number of nitrogens with zero attached hydrogens (tertiary/aromatic N) is 1. The second kappa shape index (κ2) is 6.99. The van der Waals surface area contributed by atoms with E-state index in [1.54, 1.807) is 0 Å². The van der Waals surface area contributed by atoms with Crippen molar-refractivity contribution in [2.24, 2.45) is 0 Å². The molecule has 0 bridgehead atoms. The van der Waals surface area contributed by atoms with Gasteiger partial charge in [0.15, 0.2) is 0 Å². The van der Waals surface area contributed by atoms with Gasteiger partial charge < -0.3 is 5.32 Å². The summed E-state index contributed by atoms with van der Waals surface area (Å²) in [4.78, 5) is 2.68. The van der Waals surface area contributed by atoms with Gasteiger partial charge in [-0.2, -0.15) is 0 Å². The van der Waals surface area contributed by atoms with Crippen LogP contribution in [0.25, 0.3) is 0 Å². The number of benzene rings is 1. The quantitative estimate of drug-likeness (QED) is 0.823. The van der Waals surface area contributed by atoms with Gasteiger partial charge in [-0.3, -0.25) is 4.90 Å². The minimum Gasteiger partial charge on any atom is -0.312 e. The highest BCUT2D eigenvalue weighted by Gasteiger charge is 2.34. The van der Waals surface area contributed by atoms with Gasteiger partial charge in [-0.05, 0) is 63.4 Å². The summed E-state index contributed by atoms with van der Waals surface area (Å²) in [6.45, 7) is 4.68. The third-order valence-corrected chi connectivity index (χ3v) is 5.89. The second-order valence-electron chi connectivity index (χ2n) is 6.35. The molecule has 4 heteroatoms. The van der Waals surface area contributed by atoms with E-state index in [2.05, 4.69) is 45.2 Å². The standard InChI is InChI=1S/C17H24BrClN2/c1-12(14-8-7-13(18)11-15(14)19)21-10-3-2-6-17(21)16-5-4-9-20-16/h7-8,11-12,16-17,20H,2-6,9-10H2,1H3. The fourth-order valence-electron chi connectivity index (χ4n) is 3.95. The summed E-state index contributed by atoms with van der Waals surface area (Å²) in [5.74, 6) is 0. The summed E-state index contributed by atoms with van der Waals surface area (Å²) in [7, 11) is 0. The maximum atomic E-state index is 6.48. The molecule has 2 heterocycles. The van der Waals surface area contributed by atoms with Crippen molar-refractivity contribution in [3.05, 3.63) is 33.3 Å². The van der Waals surface area contributed by atoms with E-state index in [0.717, 1.165) is 9.50 Å². The molecule has 0 aromatic heterocycles. The molecule has 0 spiro atoms. The molecule has 0 amide bonds. The van der Waals surface area contributed by atoms with Crippen LogP contribution in [0.2, 0.25) is 5.02 Å². The molecule has 1 N–H and O–H groups in total. The van der Waals surface area contributed by atoms with Crippen molar-refractivity contribution < 1.29 is 0 Å². The van der Waals surface area contributed by atoms with Crippen LogP contribution in [0.4, 0.5) is 0 Å². The Morgan fingerprint density at radius 3 is 2.86 bits per heavy atom. The van der Waals surface area contributed by atoms with Crippen LogP contribution in [0.5, 0.6) is 0 Å². The summed E-state index contributed by atoms with van der Waals surface area (Å²) < 4.78 is 1.05. The van der Waals surface area contributed by atoms with Gasteiger partial charge >= 0.3 is 0 Å². The van der Waals surface area contributed by atoms with Gasteiger partial charge in [-0.1, -0.05) is 40.0 Å². The molecular weight excluding hydrogens is 348 g/mol. The van der Waals surface area contributed by atoms with Crippen LogP contribution in [-0.4, -0.2) is 30.1 Å². The van der Waals surface area contributed by atoms with Crippen LogP contribution < -0.4 is 5.32 Å². The van der Waals surface area contributed by atoms with Gasteiger partial charge in [0.05, 0.1) is 0 Å². The van der Waals surface area contributed by atoms with Crippen molar-refractivity contribution in [2.45, 2.75) is 57.2 Å². The Morgan fingerprint density at radius 2 is 2.14 bits per heavy atom. The van der Waals surface area contributed by atoms with Crippen molar-refractivity contribution in [1.29, 1.82) is 0 Å². The Hall–Kier alpha value is -0.0900. The first-order chi connectivity index (χ1) is 10.2. The molecule has 1 aromatic rings. The predicted octanol–water partition coefficient (Wildman–Crippen LogP) is 4.77. The molecule has 2 aliphatic heterocycles. The predicted molar refractivity (Wildman–Crippen MR) is 92.9 cm³/mol. The van der Waals surface area contributed by atoms with Gasteiger partial charge in [0.25, 0.3) is 0 Å². The first-order valence-electron chi connectivity index (χ1n) is 8.11. The molecule has 2 saturated heterocycles. The van der Waals surface area contributed by atoms with Gasteiger partial charge in [0.2, 0.25) is 0 Å². The lowest BCUT2D eigenvalue weighted by atomic mass is 9.91. The summed E-state index contributed by atoms with van der Waals surface area (Å²) in [5.41, 5.74) is 1.25. The van der Waals surface area contributed by atoms with Crippen LogP contribution in [0.3, 0.4) is 0 Å². The molecule has 116 valence electrons. The summed E-state index contributed by atoms with van der Waals surface area (Å²) >= 11 is 9.98. The van der Waals surface area contributed by atoms with Gasteiger partial charge in [-0.25, -0.2) is 0 Å². The molecule has 3 unspecified atom stereocenters. The summed E-state index contributed by atoms with van der Waals surface area (Å²) in [6, 6.07) is 8.01. The molecule has 2 nitrogen and oxygen atoms in total. The maximum absolute atomic E-state index is 6.48. The van der Waals surface area contributed by atoms with Crippen LogP contribution in [0, 0.1) is 0 Å². The molecule has 0 saturated carbocycles. The molecule has 1 aromatic carbocycles. The Balaban J connectivity index is 1.81. The topological polar surface area (TPSA) is 15.3 Å². The summed E-state index contributed by atoms with van der Waals surface area (Å²) in [6.07, 6.45) is 6.63. The van der Waals surface area contributed by atoms with E-state index in [1.807, 2.05) is 6.07 Å². The number of halogens is 2. The molecule has 21 heavy (non-hydrogen) atoms. The largest absolute Gasteiger partial charge is 0.312 e. The average molecular weight is 372 g/mol. The van der Waals surface area contributed by atoms with E-state index in [9.17, 15) is 0 Å². The van der Waals surface area contributed by atoms with E-state index in [4.69, 9.17) is 11.6 Å². The minimum atomic E-state index is 0.387. The number of hydrogen-bond donors (Lipinski definition) is 1. The van der Waals surface area contributed by atoms with E-state index in [0.29, 0.717) is 18.1 Å². The number of nitrogens with one attached hydrogen (secondary N) is 1. The first-order valence-corrected chi connectivity index (χ1v) is 9.28. The van der Waals surface area contributed by atoms with Crippen LogP contribution in [0.15, 0.2) is 22.7 Å². The van der Waals surface area contributed by atoms with E-state index >= 15 is 0 Å². The summed E-state index contributed by atoms with van der Waals surface area (Å²) in [5, 5.41) is 4.58. The molecule has 3 rings (SSSR count). The average Bonchev–Trinajstić information content (AvgIpc) is 3.01. The lowest BCUT2D eigenvalue weighted by Gasteiger charge is -2.43. The third-order valence-electron chi connectivity index (χ3n) is 5.07. The van der Waals surface area contributed by atoms with Crippen LogP contribution in [-0.2, 0) is 0 Å². The third kappa shape index (κ3) is 3.47. The molecule has 0 radical (unpaired) electrons. The Morgan fingerprint density at radius 1 is 1.29 bits per heavy atom. The van der Waals surface area contributed by atoms with E-state index < -0.39 is 0 Å². The molecule has 2 aliphatic rings. The zero-order valence-electron chi connectivity index (χ0n) is 12.6. The Labute approximate surface area is 141 Å². The molecule has 0 aliphatic carbocycles. The molecule has 3 atom stereocenters. The van der Waals surface area contributed by atoms with Crippen molar-refractivity contribution >= 4 is 27.5 Å². The second-order valence-corrected chi connectivity index (χ2v) is 7.67. The van der Waals surface area contributed by atoms with Gasteiger partial charge in [0.1, 0.15) is 0 Å². The van der Waals surface area contributed by atoms with Gasteiger partial charge in [0, 0.05) is 27.6 Å². The smallest absolute Gasteiger partial charge is 0.0464 e. The zero-order valence-corrected chi connectivity index (χ0v) is 15.0. The van der Waals surface area contributed by atoms with Crippen molar-refractivity contribution in [1.82, 2.24) is 10.2 Å². The van der Waals surface area contributed by atoms with E-state index in [-0.39, 0.29) is 0 Å². The van der Waals surface area contributed by atoms with Crippen molar-refractivity contribution in [3.63, 3.8) is 0 Å². The highest BCUT2D eigenvalue weighted by molar-refractivity contribution is 9.10. The maximum Gasteiger partial charge on any atom is 0.0464 e. The van der Waals surface area contributed by atoms with Crippen molar-refractivity contribution in [3.8, 4) is 0 Å².